The van der Waals surface area contributed by atoms with E-state index in [1.165, 1.54) is 10.9 Å². The number of hydrogen-bond donors (Lipinski definition) is 1. The maximum absolute atomic E-state index is 4.58. The zero-order valence-electron chi connectivity index (χ0n) is 12.8. The Bertz CT molecular complexity index is 531. The molecule has 0 amide bonds. The molecule has 2 rings (SSSR count). The summed E-state index contributed by atoms with van der Waals surface area (Å²) >= 11 is 0. The fraction of sp³-hybridized carbons (Fsp3) is 0.471. The van der Waals surface area contributed by atoms with E-state index in [2.05, 4.69) is 60.5 Å². The first-order valence-electron chi connectivity index (χ1n) is 7.44. The van der Waals surface area contributed by atoms with Gasteiger partial charge in [-0.25, -0.2) is 0 Å². The van der Waals surface area contributed by atoms with Crippen LogP contribution in [-0.4, -0.2) is 37.1 Å². The van der Waals surface area contributed by atoms with Crippen LogP contribution in [0.25, 0.3) is 10.9 Å². The van der Waals surface area contributed by atoms with Crippen LogP contribution in [0.5, 0.6) is 0 Å². The second kappa shape index (κ2) is 7.36. The SMILES string of the molecule is CCCNC(CCN(C)C)c1cccc2cccnc12. The average molecular weight is 271 g/mol. The third kappa shape index (κ3) is 3.78. The van der Waals surface area contributed by atoms with Gasteiger partial charge in [0.1, 0.15) is 0 Å². The van der Waals surface area contributed by atoms with E-state index in [0.717, 1.165) is 31.4 Å². The van der Waals surface area contributed by atoms with Gasteiger partial charge in [0.25, 0.3) is 0 Å². The topological polar surface area (TPSA) is 28.2 Å². The minimum atomic E-state index is 0.371. The summed E-state index contributed by atoms with van der Waals surface area (Å²) in [7, 11) is 4.25. The first-order valence-corrected chi connectivity index (χ1v) is 7.44. The van der Waals surface area contributed by atoms with E-state index >= 15 is 0 Å². The van der Waals surface area contributed by atoms with E-state index in [-0.39, 0.29) is 0 Å². The number of pyridine rings is 1. The van der Waals surface area contributed by atoms with Gasteiger partial charge in [0, 0.05) is 17.6 Å². The standard InChI is InChI=1S/C17H25N3/c1-4-11-18-16(10-13-20(2)3)15-9-5-7-14-8-6-12-19-17(14)15/h5-9,12,16,18H,4,10-11,13H2,1-3H3. The van der Waals surface area contributed by atoms with Crippen molar-refractivity contribution in [3.8, 4) is 0 Å². The molecule has 1 aromatic heterocycles. The molecule has 108 valence electrons. The van der Waals surface area contributed by atoms with Crippen molar-refractivity contribution in [2.75, 3.05) is 27.2 Å². The Hall–Kier alpha value is -1.45. The molecule has 0 bridgehead atoms. The fourth-order valence-electron chi connectivity index (χ4n) is 2.48. The van der Waals surface area contributed by atoms with Crippen molar-refractivity contribution in [3.63, 3.8) is 0 Å². The molecule has 1 unspecified atom stereocenters. The highest BCUT2D eigenvalue weighted by atomic mass is 15.1. The highest BCUT2D eigenvalue weighted by Gasteiger charge is 2.14. The Morgan fingerprint density at radius 3 is 2.75 bits per heavy atom. The molecule has 0 aliphatic carbocycles. The van der Waals surface area contributed by atoms with Crippen LogP contribution in [0.1, 0.15) is 31.4 Å². The van der Waals surface area contributed by atoms with Crippen LogP contribution in [0.3, 0.4) is 0 Å². The van der Waals surface area contributed by atoms with E-state index in [0.29, 0.717) is 6.04 Å². The van der Waals surface area contributed by atoms with Crippen molar-refractivity contribution in [2.24, 2.45) is 0 Å². The molecular formula is C17H25N3. The maximum atomic E-state index is 4.58. The predicted molar refractivity (Wildman–Crippen MR) is 85.9 cm³/mol. The number of rotatable bonds is 7. The normalized spacial score (nSPS) is 13.0. The number of nitrogens with zero attached hydrogens (tertiary/aromatic N) is 2. The van der Waals surface area contributed by atoms with E-state index in [1.807, 2.05) is 12.3 Å². The van der Waals surface area contributed by atoms with Crippen LogP contribution in [0, 0.1) is 0 Å². The lowest BCUT2D eigenvalue weighted by Crippen LogP contribution is -2.26. The molecule has 1 aromatic carbocycles. The second-order valence-electron chi connectivity index (χ2n) is 5.52. The van der Waals surface area contributed by atoms with Crippen molar-refractivity contribution >= 4 is 10.9 Å². The van der Waals surface area contributed by atoms with Gasteiger partial charge in [-0.05, 0) is 51.7 Å². The van der Waals surface area contributed by atoms with Gasteiger partial charge in [-0.2, -0.15) is 0 Å². The number of benzene rings is 1. The minimum Gasteiger partial charge on any atom is -0.310 e. The third-order valence-electron chi connectivity index (χ3n) is 3.55. The molecule has 1 N–H and O–H groups in total. The summed E-state index contributed by atoms with van der Waals surface area (Å²) in [6, 6.07) is 11.0. The Balaban J connectivity index is 2.29. The average Bonchev–Trinajstić information content (AvgIpc) is 2.47. The summed E-state index contributed by atoms with van der Waals surface area (Å²) in [5, 5.41) is 4.89. The predicted octanol–water partition coefficient (Wildman–Crippen LogP) is 3.23. The lowest BCUT2D eigenvalue weighted by molar-refractivity contribution is 0.361. The molecular weight excluding hydrogens is 246 g/mol. The Kier molecular flexibility index (Phi) is 5.50. The van der Waals surface area contributed by atoms with Gasteiger partial charge < -0.3 is 10.2 Å². The largest absolute Gasteiger partial charge is 0.310 e. The van der Waals surface area contributed by atoms with E-state index < -0.39 is 0 Å². The van der Waals surface area contributed by atoms with Crippen LogP contribution >= 0.6 is 0 Å². The van der Waals surface area contributed by atoms with Gasteiger partial charge in [0.05, 0.1) is 5.52 Å². The van der Waals surface area contributed by atoms with Crippen LogP contribution < -0.4 is 5.32 Å². The van der Waals surface area contributed by atoms with Gasteiger partial charge >= 0.3 is 0 Å². The van der Waals surface area contributed by atoms with Crippen molar-refractivity contribution < 1.29 is 0 Å². The summed E-state index contributed by atoms with van der Waals surface area (Å²) < 4.78 is 0. The molecule has 3 heteroatoms. The molecule has 1 atom stereocenters. The first-order chi connectivity index (χ1) is 9.72. The van der Waals surface area contributed by atoms with Gasteiger partial charge in [-0.15, -0.1) is 0 Å². The molecule has 0 aliphatic heterocycles. The Labute approximate surface area is 122 Å². The van der Waals surface area contributed by atoms with Gasteiger partial charge in [0.15, 0.2) is 0 Å². The van der Waals surface area contributed by atoms with E-state index in [1.54, 1.807) is 0 Å². The Morgan fingerprint density at radius 1 is 1.20 bits per heavy atom. The van der Waals surface area contributed by atoms with Crippen molar-refractivity contribution in [1.29, 1.82) is 0 Å². The molecule has 20 heavy (non-hydrogen) atoms. The van der Waals surface area contributed by atoms with E-state index in [9.17, 15) is 0 Å². The fourth-order valence-corrected chi connectivity index (χ4v) is 2.48. The third-order valence-corrected chi connectivity index (χ3v) is 3.55. The van der Waals surface area contributed by atoms with Crippen LogP contribution in [-0.2, 0) is 0 Å². The second-order valence-corrected chi connectivity index (χ2v) is 5.52. The molecule has 1 heterocycles. The van der Waals surface area contributed by atoms with Gasteiger partial charge in [-0.1, -0.05) is 31.2 Å². The quantitative estimate of drug-likeness (QED) is 0.838. The minimum absolute atomic E-state index is 0.371. The molecule has 0 fully saturated rings. The van der Waals surface area contributed by atoms with Gasteiger partial charge in [-0.3, -0.25) is 4.98 Å². The lowest BCUT2D eigenvalue weighted by Gasteiger charge is -2.22. The lowest BCUT2D eigenvalue weighted by atomic mass is 10.00. The number of fused-ring (bicyclic) bond motifs is 1. The zero-order valence-corrected chi connectivity index (χ0v) is 12.8. The molecule has 0 saturated heterocycles. The Morgan fingerprint density at radius 2 is 2.00 bits per heavy atom. The molecule has 0 spiro atoms. The molecule has 0 saturated carbocycles. The highest BCUT2D eigenvalue weighted by molar-refractivity contribution is 5.81. The number of hydrogen-bond acceptors (Lipinski definition) is 3. The number of para-hydroxylation sites is 1. The summed E-state index contributed by atoms with van der Waals surface area (Å²) in [5.41, 5.74) is 2.45. The van der Waals surface area contributed by atoms with Crippen molar-refractivity contribution in [3.05, 3.63) is 42.1 Å². The maximum Gasteiger partial charge on any atom is 0.0749 e. The van der Waals surface area contributed by atoms with Crippen LogP contribution in [0.2, 0.25) is 0 Å². The summed E-state index contributed by atoms with van der Waals surface area (Å²) in [4.78, 5) is 6.82. The zero-order chi connectivity index (χ0) is 14.4. The number of aromatic nitrogens is 1. The van der Waals surface area contributed by atoms with Gasteiger partial charge in [0.2, 0.25) is 0 Å². The van der Waals surface area contributed by atoms with E-state index in [4.69, 9.17) is 0 Å². The van der Waals surface area contributed by atoms with Crippen molar-refractivity contribution in [1.82, 2.24) is 15.2 Å². The monoisotopic (exact) mass is 271 g/mol. The highest BCUT2D eigenvalue weighted by Crippen LogP contribution is 2.24. The van der Waals surface area contributed by atoms with Crippen LogP contribution in [0.15, 0.2) is 36.5 Å². The molecule has 0 aliphatic rings. The summed E-state index contributed by atoms with van der Waals surface area (Å²) in [5.74, 6) is 0. The number of nitrogens with one attached hydrogen (secondary N) is 1. The summed E-state index contributed by atoms with van der Waals surface area (Å²) in [6.07, 6.45) is 4.13. The molecule has 0 radical (unpaired) electrons. The van der Waals surface area contributed by atoms with Crippen LogP contribution in [0.4, 0.5) is 0 Å². The molecule has 3 nitrogen and oxygen atoms in total. The van der Waals surface area contributed by atoms with Crippen molar-refractivity contribution in [2.45, 2.75) is 25.8 Å². The smallest absolute Gasteiger partial charge is 0.0749 e. The first kappa shape index (κ1) is 14.9. The molecule has 2 aromatic rings. The summed E-state index contributed by atoms with van der Waals surface area (Å²) in [6.45, 7) is 4.32.